The smallest absolute Gasteiger partial charge is 0.358 e. The van der Waals surface area contributed by atoms with Crippen LogP contribution in [0.25, 0.3) is 0 Å². The van der Waals surface area contributed by atoms with Crippen LogP contribution in [0.2, 0.25) is 0 Å². The summed E-state index contributed by atoms with van der Waals surface area (Å²) in [5.74, 6) is -0.540. The van der Waals surface area contributed by atoms with Crippen LogP contribution in [0.3, 0.4) is 0 Å². The van der Waals surface area contributed by atoms with E-state index in [9.17, 15) is 4.79 Å². The van der Waals surface area contributed by atoms with Gasteiger partial charge in [-0.15, -0.1) is 0 Å². The highest BCUT2D eigenvalue weighted by atomic mass is 16.5. The van der Waals surface area contributed by atoms with Crippen molar-refractivity contribution in [2.24, 2.45) is 0 Å². The topological polar surface area (TPSA) is 84.6 Å². The fourth-order valence-corrected chi connectivity index (χ4v) is 1.38. The molecule has 2 N–H and O–H groups in total. The van der Waals surface area contributed by atoms with E-state index in [1.54, 1.807) is 0 Å². The Morgan fingerprint density at radius 3 is 2.94 bits per heavy atom. The molecule has 102 valence electrons. The van der Waals surface area contributed by atoms with Crippen LogP contribution in [-0.4, -0.2) is 35.5 Å². The molecule has 0 bridgehead atoms. The molecule has 0 aromatic carbocycles. The van der Waals surface area contributed by atoms with Crippen LogP contribution in [0.4, 0.5) is 0 Å². The van der Waals surface area contributed by atoms with E-state index in [1.807, 2.05) is 13.8 Å². The molecule has 0 unspecified atom stereocenters. The van der Waals surface area contributed by atoms with Gasteiger partial charge in [-0.3, -0.25) is 0 Å². The maximum atomic E-state index is 10.6. The van der Waals surface area contributed by atoms with Gasteiger partial charge in [0.25, 0.3) is 0 Å². The predicted octanol–water partition coefficient (Wildman–Crippen LogP) is 1.67. The number of carboxylic acid groups (broad SMARTS) is 1. The van der Waals surface area contributed by atoms with E-state index in [-0.39, 0.29) is 11.8 Å². The third-order valence-electron chi connectivity index (χ3n) is 2.28. The van der Waals surface area contributed by atoms with Crippen LogP contribution in [0, 0.1) is 0 Å². The summed E-state index contributed by atoms with van der Waals surface area (Å²) < 4.78 is 10.3. The molecule has 0 aliphatic heterocycles. The van der Waals surface area contributed by atoms with Gasteiger partial charge in [-0.25, -0.2) is 4.79 Å². The van der Waals surface area contributed by atoms with E-state index in [0.717, 1.165) is 26.0 Å². The van der Waals surface area contributed by atoms with Crippen molar-refractivity contribution < 1.29 is 19.2 Å². The molecule has 18 heavy (non-hydrogen) atoms. The molecular formula is C12H20N2O4. The SMILES string of the molecule is CC(C)OCCCCNCc1cc(C(=O)O)no1. The van der Waals surface area contributed by atoms with E-state index in [0.29, 0.717) is 12.3 Å². The molecule has 6 nitrogen and oxygen atoms in total. The van der Waals surface area contributed by atoms with Gasteiger partial charge in [-0.1, -0.05) is 5.16 Å². The van der Waals surface area contributed by atoms with Crippen LogP contribution < -0.4 is 5.32 Å². The van der Waals surface area contributed by atoms with Gasteiger partial charge in [0.2, 0.25) is 0 Å². The Hall–Kier alpha value is -1.40. The van der Waals surface area contributed by atoms with Crippen LogP contribution in [-0.2, 0) is 11.3 Å². The van der Waals surface area contributed by atoms with Crippen molar-refractivity contribution in [1.29, 1.82) is 0 Å². The lowest BCUT2D eigenvalue weighted by Crippen LogP contribution is -2.15. The Morgan fingerprint density at radius 1 is 1.56 bits per heavy atom. The van der Waals surface area contributed by atoms with Crippen LogP contribution in [0.1, 0.15) is 42.9 Å². The molecule has 0 amide bonds. The maximum absolute atomic E-state index is 10.6. The van der Waals surface area contributed by atoms with Gasteiger partial charge in [0.1, 0.15) is 0 Å². The van der Waals surface area contributed by atoms with Gasteiger partial charge in [0, 0.05) is 12.7 Å². The van der Waals surface area contributed by atoms with Gasteiger partial charge < -0.3 is 19.7 Å². The average molecular weight is 256 g/mol. The molecule has 0 atom stereocenters. The van der Waals surface area contributed by atoms with Crippen molar-refractivity contribution in [1.82, 2.24) is 10.5 Å². The van der Waals surface area contributed by atoms with E-state index < -0.39 is 5.97 Å². The van der Waals surface area contributed by atoms with Crippen molar-refractivity contribution >= 4 is 5.97 Å². The second-order valence-electron chi connectivity index (χ2n) is 4.29. The molecule has 0 saturated heterocycles. The summed E-state index contributed by atoms with van der Waals surface area (Å²) in [5.41, 5.74) is -0.0582. The molecule has 0 fully saturated rings. The lowest BCUT2D eigenvalue weighted by Gasteiger charge is -2.07. The Bertz CT molecular complexity index is 363. The first-order chi connectivity index (χ1) is 8.59. The molecule has 1 aromatic heterocycles. The first-order valence-electron chi connectivity index (χ1n) is 6.11. The standard InChI is InChI=1S/C12H20N2O4/c1-9(2)17-6-4-3-5-13-8-10-7-11(12(15)16)14-18-10/h7,9,13H,3-6,8H2,1-2H3,(H,15,16). The highest BCUT2D eigenvalue weighted by Gasteiger charge is 2.09. The number of carbonyl (C=O) groups is 1. The quantitative estimate of drug-likeness (QED) is 0.654. The van der Waals surface area contributed by atoms with Crippen molar-refractivity contribution in [3.05, 3.63) is 17.5 Å². The number of nitrogens with zero attached hydrogens (tertiary/aromatic N) is 1. The summed E-state index contributed by atoms with van der Waals surface area (Å²) in [6, 6.07) is 1.43. The number of hydrogen-bond donors (Lipinski definition) is 2. The lowest BCUT2D eigenvalue weighted by molar-refractivity contribution is 0.0685. The monoisotopic (exact) mass is 256 g/mol. The number of rotatable bonds is 9. The fourth-order valence-electron chi connectivity index (χ4n) is 1.38. The van der Waals surface area contributed by atoms with E-state index >= 15 is 0 Å². The molecule has 0 spiro atoms. The van der Waals surface area contributed by atoms with Crippen molar-refractivity contribution in [2.45, 2.75) is 39.3 Å². The Kier molecular flexibility index (Phi) is 6.38. The molecule has 0 radical (unpaired) electrons. The predicted molar refractivity (Wildman–Crippen MR) is 65.5 cm³/mol. The van der Waals surface area contributed by atoms with Crippen LogP contribution >= 0.6 is 0 Å². The third-order valence-corrected chi connectivity index (χ3v) is 2.28. The number of carboxylic acids is 1. The summed E-state index contributed by atoms with van der Waals surface area (Å²) in [6.45, 7) is 6.13. The normalized spacial score (nSPS) is 11.1. The summed E-state index contributed by atoms with van der Waals surface area (Å²) in [5, 5.41) is 15.2. The fraction of sp³-hybridized carbons (Fsp3) is 0.667. The molecule has 0 saturated carbocycles. The zero-order valence-corrected chi connectivity index (χ0v) is 10.8. The van der Waals surface area contributed by atoms with Gasteiger partial charge in [-0.05, 0) is 33.2 Å². The maximum Gasteiger partial charge on any atom is 0.358 e. The van der Waals surface area contributed by atoms with Crippen LogP contribution in [0.5, 0.6) is 0 Å². The number of aromatic carboxylic acids is 1. The molecule has 1 heterocycles. The average Bonchev–Trinajstić information content (AvgIpc) is 2.76. The summed E-state index contributed by atoms with van der Waals surface area (Å²) >= 11 is 0. The molecule has 0 aliphatic carbocycles. The minimum Gasteiger partial charge on any atom is -0.476 e. The van der Waals surface area contributed by atoms with Crippen molar-refractivity contribution in [3.8, 4) is 0 Å². The zero-order valence-electron chi connectivity index (χ0n) is 10.8. The van der Waals surface area contributed by atoms with E-state index in [2.05, 4.69) is 10.5 Å². The second kappa shape index (κ2) is 7.84. The number of nitrogens with one attached hydrogen (secondary N) is 1. The highest BCUT2D eigenvalue weighted by molar-refractivity contribution is 5.85. The number of aromatic nitrogens is 1. The van der Waals surface area contributed by atoms with E-state index in [1.165, 1.54) is 6.07 Å². The Labute approximate surface area is 106 Å². The van der Waals surface area contributed by atoms with Crippen LogP contribution in [0.15, 0.2) is 10.6 Å². The Morgan fingerprint density at radius 2 is 2.33 bits per heavy atom. The largest absolute Gasteiger partial charge is 0.476 e. The molecule has 6 heteroatoms. The van der Waals surface area contributed by atoms with Gasteiger partial charge in [-0.2, -0.15) is 0 Å². The summed E-state index contributed by atoms with van der Waals surface area (Å²) in [4.78, 5) is 10.6. The molecule has 0 aliphatic rings. The number of unbranched alkanes of at least 4 members (excludes halogenated alkanes) is 1. The van der Waals surface area contributed by atoms with Gasteiger partial charge in [0.05, 0.1) is 12.6 Å². The van der Waals surface area contributed by atoms with Crippen molar-refractivity contribution in [3.63, 3.8) is 0 Å². The number of hydrogen-bond acceptors (Lipinski definition) is 5. The Balaban J connectivity index is 2.05. The molecular weight excluding hydrogens is 236 g/mol. The molecule has 1 aromatic rings. The summed E-state index contributed by atoms with van der Waals surface area (Å²) in [6.07, 6.45) is 2.29. The second-order valence-corrected chi connectivity index (χ2v) is 4.29. The first-order valence-corrected chi connectivity index (χ1v) is 6.11. The molecule has 1 rings (SSSR count). The third kappa shape index (κ3) is 5.79. The van der Waals surface area contributed by atoms with Gasteiger partial charge >= 0.3 is 5.97 Å². The number of ether oxygens (including phenoxy) is 1. The minimum absolute atomic E-state index is 0.0582. The van der Waals surface area contributed by atoms with E-state index in [4.69, 9.17) is 14.4 Å². The highest BCUT2D eigenvalue weighted by Crippen LogP contribution is 2.03. The lowest BCUT2D eigenvalue weighted by atomic mass is 10.3. The summed E-state index contributed by atoms with van der Waals surface area (Å²) in [7, 11) is 0. The van der Waals surface area contributed by atoms with Gasteiger partial charge in [0.15, 0.2) is 11.5 Å². The van der Waals surface area contributed by atoms with Crippen molar-refractivity contribution in [2.75, 3.05) is 13.2 Å². The first kappa shape index (κ1) is 14.7. The zero-order chi connectivity index (χ0) is 13.4. The minimum atomic E-state index is -1.07.